The predicted octanol–water partition coefficient (Wildman–Crippen LogP) is 2.27. The third-order valence-corrected chi connectivity index (χ3v) is 4.10. The van der Waals surface area contributed by atoms with Crippen LogP contribution in [0.2, 0.25) is 0 Å². The summed E-state index contributed by atoms with van der Waals surface area (Å²) >= 11 is 4.44. The van der Waals surface area contributed by atoms with Gasteiger partial charge in [-0.1, -0.05) is 27.7 Å². The molecule has 18 heavy (non-hydrogen) atoms. The number of hydrogen-bond acceptors (Lipinski definition) is 5. The molecule has 0 spiro atoms. The number of sulfone groups is 1. The molecule has 8 heteroatoms. The fraction of sp³-hybridized carbons (Fsp3) is 0.200. The number of aliphatic imine (C=N–C) groups is 1. The van der Waals surface area contributed by atoms with E-state index in [9.17, 15) is 8.42 Å². The minimum atomic E-state index is -3.38. The molecule has 0 saturated heterocycles. The van der Waals surface area contributed by atoms with E-state index in [-0.39, 0.29) is 4.90 Å². The maximum absolute atomic E-state index is 11.7. The lowest BCUT2D eigenvalue weighted by molar-refractivity contribution is 0.602. The number of amidine groups is 1. The normalized spacial score (nSPS) is 12.0. The van der Waals surface area contributed by atoms with E-state index < -0.39 is 9.84 Å². The van der Waals surface area contributed by atoms with E-state index in [1.54, 1.807) is 24.6 Å². The third kappa shape index (κ3) is 4.01. The average Bonchev–Trinajstić information content (AvgIpc) is 2.29. The van der Waals surface area contributed by atoms with Crippen molar-refractivity contribution in [3.63, 3.8) is 0 Å². The highest BCUT2D eigenvalue weighted by Crippen LogP contribution is 2.28. The molecule has 0 amide bonds. The third-order valence-electron chi connectivity index (χ3n) is 1.90. The Kier molecular flexibility index (Phi) is 5.19. The first kappa shape index (κ1) is 15.0. The van der Waals surface area contributed by atoms with Gasteiger partial charge in [-0.3, -0.25) is 5.32 Å². The summed E-state index contributed by atoms with van der Waals surface area (Å²) in [7, 11) is -3.38. The van der Waals surface area contributed by atoms with Crippen LogP contribution in [0.1, 0.15) is 0 Å². The van der Waals surface area contributed by atoms with Crippen molar-refractivity contribution < 1.29 is 8.42 Å². The number of nitriles is 1. The summed E-state index contributed by atoms with van der Waals surface area (Å²) in [4.78, 5) is 4.23. The first-order chi connectivity index (χ1) is 8.38. The Hall–Kier alpha value is -1.04. The molecule has 1 aromatic carbocycles. The molecule has 1 N–H and O–H groups in total. The Bertz CT molecular complexity index is 621. The van der Waals surface area contributed by atoms with Gasteiger partial charge in [0.05, 0.1) is 10.6 Å². The van der Waals surface area contributed by atoms with Crippen LogP contribution in [0.4, 0.5) is 5.69 Å². The van der Waals surface area contributed by atoms with E-state index in [0.29, 0.717) is 15.3 Å². The second-order valence-corrected chi connectivity index (χ2v) is 6.94. The SMILES string of the molecule is CSC(=Nc1ccc(Br)cc1S(C)(=O)=O)NC#N. The zero-order valence-electron chi connectivity index (χ0n) is 9.64. The lowest BCUT2D eigenvalue weighted by Crippen LogP contribution is -2.12. The molecule has 1 aromatic rings. The van der Waals surface area contributed by atoms with Gasteiger partial charge < -0.3 is 0 Å². The Morgan fingerprint density at radius 2 is 2.22 bits per heavy atom. The van der Waals surface area contributed by atoms with Crippen molar-refractivity contribution in [1.82, 2.24) is 5.32 Å². The number of hydrogen-bond donors (Lipinski definition) is 1. The predicted molar refractivity (Wildman–Crippen MR) is 76.6 cm³/mol. The van der Waals surface area contributed by atoms with E-state index in [0.717, 1.165) is 6.26 Å². The molecule has 0 fully saturated rings. The summed E-state index contributed by atoms with van der Waals surface area (Å²) in [5.74, 6) is 0. The fourth-order valence-electron chi connectivity index (χ4n) is 1.16. The Labute approximate surface area is 118 Å². The lowest BCUT2D eigenvalue weighted by atomic mass is 10.3. The monoisotopic (exact) mass is 347 g/mol. The van der Waals surface area contributed by atoms with E-state index in [4.69, 9.17) is 5.26 Å². The van der Waals surface area contributed by atoms with Crippen molar-refractivity contribution in [2.75, 3.05) is 12.5 Å². The van der Waals surface area contributed by atoms with E-state index >= 15 is 0 Å². The van der Waals surface area contributed by atoms with Crippen LogP contribution in [-0.4, -0.2) is 26.1 Å². The molecular formula is C10H10BrN3O2S2. The Morgan fingerprint density at radius 3 is 2.72 bits per heavy atom. The topological polar surface area (TPSA) is 82.3 Å². The van der Waals surface area contributed by atoms with Gasteiger partial charge in [-0.15, -0.1) is 0 Å². The number of thioether (sulfide) groups is 1. The van der Waals surface area contributed by atoms with Crippen molar-refractivity contribution in [2.45, 2.75) is 4.90 Å². The summed E-state index contributed by atoms with van der Waals surface area (Å²) in [5.41, 5.74) is 0.299. The molecule has 0 atom stereocenters. The minimum Gasteiger partial charge on any atom is -0.271 e. The second kappa shape index (κ2) is 6.22. The smallest absolute Gasteiger partial charge is 0.183 e. The highest BCUT2D eigenvalue weighted by atomic mass is 79.9. The largest absolute Gasteiger partial charge is 0.271 e. The molecule has 0 unspecified atom stereocenters. The van der Waals surface area contributed by atoms with Gasteiger partial charge in [-0.05, 0) is 24.5 Å². The highest BCUT2D eigenvalue weighted by molar-refractivity contribution is 9.10. The Balaban J connectivity index is 3.38. The molecule has 96 valence electrons. The molecule has 0 aliphatic rings. The van der Waals surface area contributed by atoms with Crippen LogP contribution in [0.25, 0.3) is 0 Å². The molecule has 0 aliphatic heterocycles. The van der Waals surface area contributed by atoms with Crippen molar-refractivity contribution in [1.29, 1.82) is 5.26 Å². The summed E-state index contributed by atoms with van der Waals surface area (Å²) in [6.45, 7) is 0. The molecule has 0 saturated carbocycles. The van der Waals surface area contributed by atoms with Crippen molar-refractivity contribution in [3.8, 4) is 6.19 Å². The van der Waals surface area contributed by atoms with Gasteiger partial charge >= 0.3 is 0 Å². The molecule has 5 nitrogen and oxygen atoms in total. The van der Waals surface area contributed by atoms with E-state index in [1.165, 1.54) is 17.8 Å². The first-order valence-electron chi connectivity index (χ1n) is 4.66. The molecular weight excluding hydrogens is 338 g/mol. The molecule has 0 heterocycles. The Morgan fingerprint density at radius 1 is 1.56 bits per heavy atom. The van der Waals surface area contributed by atoms with Gasteiger partial charge in [0.25, 0.3) is 0 Å². The summed E-state index contributed by atoms with van der Waals surface area (Å²) in [6, 6.07) is 4.76. The van der Waals surface area contributed by atoms with Crippen LogP contribution in [-0.2, 0) is 9.84 Å². The minimum absolute atomic E-state index is 0.114. The zero-order chi connectivity index (χ0) is 13.8. The lowest BCUT2D eigenvalue weighted by Gasteiger charge is -2.06. The van der Waals surface area contributed by atoms with Gasteiger partial charge in [0.1, 0.15) is 0 Å². The summed E-state index contributed by atoms with van der Waals surface area (Å²) in [6.07, 6.45) is 4.60. The summed E-state index contributed by atoms with van der Waals surface area (Å²) in [5, 5.41) is 11.3. The summed E-state index contributed by atoms with van der Waals surface area (Å²) < 4.78 is 24.0. The van der Waals surface area contributed by atoms with Crippen molar-refractivity contribution in [3.05, 3.63) is 22.7 Å². The van der Waals surface area contributed by atoms with Crippen LogP contribution >= 0.6 is 27.7 Å². The zero-order valence-corrected chi connectivity index (χ0v) is 12.9. The molecule has 0 aliphatic carbocycles. The van der Waals surface area contributed by atoms with E-state index in [2.05, 4.69) is 26.2 Å². The molecule has 1 rings (SSSR count). The van der Waals surface area contributed by atoms with Crippen LogP contribution in [0.3, 0.4) is 0 Å². The standard InChI is InChI=1S/C10H10BrN3O2S2/c1-17-10(13-6-12)14-8-4-3-7(11)5-9(8)18(2,15)16/h3-5H,1-2H3,(H,13,14). The maximum Gasteiger partial charge on any atom is 0.183 e. The van der Waals surface area contributed by atoms with Gasteiger partial charge in [-0.2, -0.15) is 5.26 Å². The highest BCUT2D eigenvalue weighted by Gasteiger charge is 2.14. The van der Waals surface area contributed by atoms with E-state index in [1.807, 2.05) is 0 Å². The number of nitrogens with one attached hydrogen (secondary N) is 1. The number of benzene rings is 1. The number of rotatable bonds is 2. The second-order valence-electron chi connectivity index (χ2n) is 3.24. The molecule has 0 aromatic heterocycles. The van der Waals surface area contributed by atoms with Crippen LogP contribution in [0.15, 0.2) is 32.6 Å². The quantitative estimate of drug-likeness (QED) is 0.384. The van der Waals surface area contributed by atoms with Gasteiger partial charge in [0.15, 0.2) is 21.2 Å². The fourth-order valence-corrected chi connectivity index (χ4v) is 2.84. The number of nitrogens with zero attached hydrogens (tertiary/aromatic N) is 2. The van der Waals surface area contributed by atoms with Crippen LogP contribution in [0, 0.1) is 11.5 Å². The number of halogens is 1. The molecule has 0 radical (unpaired) electrons. The molecule has 0 bridgehead atoms. The maximum atomic E-state index is 11.7. The van der Waals surface area contributed by atoms with Crippen molar-refractivity contribution in [2.24, 2.45) is 4.99 Å². The van der Waals surface area contributed by atoms with Gasteiger partial charge in [0, 0.05) is 10.7 Å². The van der Waals surface area contributed by atoms with Gasteiger partial charge in [-0.25, -0.2) is 13.4 Å². The average molecular weight is 348 g/mol. The first-order valence-corrected chi connectivity index (χ1v) is 8.57. The van der Waals surface area contributed by atoms with Gasteiger partial charge in [0.2, 0.25) is 0 Å². The van der Waals surface area contributed by atoms with Crippen molar-refractivity contribution >= 4 is 48.4 Å². The van der Waals surface area contributed by atoms with Crippen LogP contribution in [0.5, 0.6) is 0 Å². The van der Waals surface area contributed by atoms with Crippen LogP contribution < -0.4 is 5.32 Å².